The second kappa shape index (κ2) is 6.12. The van der Waals surface area contributed by atoms with Crippen LogP contribution in [0.2, 0.25) is 0 Å². The van der Waals surface area contributed by atoms with Crippen molar-refractivity contribution in [2.75, 3.05) is 5.43 Å². The summed E-state index contributed by atoms with van der Waals surface area (Å²) in [4.78, 5) is 14.5. The van der Waals surface area contributed by atoms with Gasteiger partial charge >= 0.3 is 5.97 Å². The summed E-state index contributed by atoms with van der Waals surface area (Å²) < 4.78 is 0. The van der Waals surface area contributed by atoms with Crippen LogP contribution in [0.1, 0.15) is 18.9 Å². The molecular formula is C11H12N4O2. The molecule has 1 heterocycles. The predicted molar refractivity (Wildman–Crippen MR) is 61.7 cm³/mol. The van der Waals surface area contributed by atoms with Gasteiger partial charge in [0.25, 0.3) is 0 Å². The van der Waals surface area contributed by atoms with Gasteiger partial charge in [-0.1, -0.05) is 6.92 Å². The molecule has 0 aromatic carbocycles. The fourth-order valence-corrected chi connectivity index (χ4v) is 1.09. The second-order valence-electron chi connectivity index (χ2n) is 3.15. The van der Waals surface area contributed by atoms with Gasteiger partial charge in [-0.15, -0.1) is 0 Å². The van der Waals surface area contributed by atoms with E-state index in [0.717, 1.165) is 6.08 Å². The molecule has 0 amide bonds. The third-order valence-corrected chi connectivity index (χ3v) is 1.92. The lowest BCUT2D eigenvalue weighted by atomic mass is 10.3. The van der Waals surface area contributed by atoms with E-state index in [4.69, 9.17) is 10.4 Å². The zero-order valence-corrected chi connectivity index (χ0v) is 9.27. The first-order valence-electron chi connectivity index (χ1n) is 4.97. The highest BCUT2D eigenvalue weighted by molar-refractivity contribution is 5.80. The average Bonchev–Trinajstić information content (AvgIpc) is 2.34. The number of carbonyl (C=O) groups is 1. The molecule has 1 aromatic rings. The number of nitrogens with one attached hydrogen (secondary N) is 2. The van der Waals surface area contributed by atoms with E-state index < -0.39 is 5.97 Å². The van der Waals surface area contributed by atoms with Crippen LogP contribution in [0, 0.1) is 11.3 Å². The van der Waals surface area contributed by atoms with Crippen molar-refractivity contribution in [1.82, 2.24) is 10.4 Å². The van der Waals surface area contributed by atoms with Crippen LogP contribution in [0.5, 0.6) is 0 Å². The van der Waals surface area contributed by atoms with Crippen molar-refractivity contribution in [2.24, 2.45) is 0 Å². The van der Waals surface area contributed by atoms with E-state index in [2.05, 4.69) is 15.8 Å². The number of hydrogen-bond acceptors (Lipinski definition) is 5. The molecule has 88 valence electrons. The number of pyridine rings is 1. The molecule has 6 heteroatoms. The van der Waals surface area contributed by atoms with Gasteiger partial charge in [0.2, 0.25) is 0 Å². The number of anilines is 1. The molecular weight excluding hydrogens is 220 g/mol. The highest BCUT2D eigenvalue weighted by atomic mass is 16.4. The van der Waals surface area contributed by atoms with E-state index in [9.17, 15) is 4.79 Å². The monoisotopic (exact) mass is 232 g/mol. The largest absolute Gasteiger partial charge is 0.478 e. The molecule has 3 N–H and O–H groups in total. The molecule has 1 rings (SSSR count). The number of nitriles is 1. The summed E-state index contributed by atoms with van der Waals surface area (Å²) in [5, 5.41) is 17.3. The van der Waals surface area contributed by atoms with Crippen molar-refractivity contribution in [3.63, 3.8) is 0 Å². The molecule has 6 nitrogen and oxygen atoms in total. The Labute approximate surface area is 98.6 Å². The van der Waals surface area contributed by atoms with Crippen LogP contribution in [0.25, 0.3) is 0 Å². The molecule has 1 aromatic heterocycles. The van der Waals surface area contributed by atoms with Crippen molar-refractivity contribution in [2.45, 2.75) is 13.3 Å². The molecule has 0 saturated carbocycles. The fourth-order valence-electron chi connectivity index (χ4n) is 1.09. The molecule has 0 atom stereocenters. The van der Waals surface area contributed by atoms with Crippen molar-refractivity contribution in [3.8, 4) is 6.07 Å². The quantitative estimate of drug-likeness (QED) is 0.522. The number of aromatic nitrogens is 1. The van der Waals surface area contributed by atoms with Crippen molar-refractivity contribution in [3.05, 3.63) is 35.7 Å². The Kier molecular flexibility index (Phi) is 4.51. The number of hydrogen-bond donors (Lipinski definition) is 3. The number of rotatable bonds is 5. The molecule has 0 aliphatic heterocycles. The van der Waals surface area contributed by atoms with Crippen molar-refractivity contribution >= 4 is 11.8 Å². The standard InChI is InChI=1S/C11H12N4O2/c1-2-9(6-11(16)17)14-15-10-5-8(7-12)3-4-13-10/h3-6,14H,2H2,1H3,(H,13,15)(H,16,17)/b9-6+. The van der Waals surface area contributed by atoms with Crippen LogP contribution in [-0.2, 0) is 4.79 Å². The topological polar surface area (TPSA) is 98.0 Å². The highest BCUT2D eigenvalue weighted by Gasteiger charge is 1.99. The van der Waals surface area contributed by atoms with Crippen LogP contribution in [-0.4, -0.2) is 16.1 Å². The summed E-state index contributed by atoms with van der Waals surface area (Å²) in [5.41, 5.74) is 6.45. The van der Waals surface area contributed by atoms with Crippen LogP contribution in [0.15, 0.2) is 30.1 Å². The van der Waals surface area contributed by atoms with E-state index in [1.54, 1.807) is 12.1 Å². The van der Waals surface area contributed by atoms with Gasteiger partial charge in [0, 0.05) is 18.0 Å². The van der Waals surface area contributed by atoms with Gasteiger partial charge in [-0.05, 0) is 18.6 Å². The smallest absolute Gasteiger partial charge is 0.330 e. The molecule has 0 bridgehead atoms. The zero-order chi connectivity index (χ0) is 12.7. The van der Waals surface area contributed by atoms with E-state index in [1.807, 2.05) is 13.0 Å². The van der Waals surface area contributed by atoms with Gasteiger partial charge in [0.1, 0.15) is 5.82 Å². The van der Waals surface area contributed by atoms with Crippen LogP contribution >= 0.6 is 0 Å². The maximum absolute atomic E-state index is 10.5. The van der Waals surface area contributed by atoms with Gasteiger partial charge in [-0.25, -0.2) is 9.78 Å². The van der Waals surface area contributed by atoms with Gasteiger partial charge in [0.15, 0.2) is 0 Å². The van der Waals surface area contributed by atoms with E-state index in [0.29, 0.717) is 23.5 Å². The minimum absolute atomic E-state index is 0.453. The summed E-state index contributed by atoms with van der Waals surface area (Å²) in [6, 6.07) is 5.12. The summed E-state index contributed by atoms with van der Waals surface area (Å²) in [7, 11) is 0. The Bertz CT molecular complexity index is 477. The van der Waals surface area contributed by atoms with Crippen molar-refractivity contribution in [1.29, 1.82) is 5.26 Å². The fraction of sp³-hybridized carbons (Fsp3) is 0.182. The number of carboxylic acids is 1. The Morgan fingerprint density at radius 2 is 2.47 bits per heavy atom. The third-order valence-electron chi connectivity index (χ3n) is 1.92. The number of aliphatic carboxylic acids is 1. The molecule has 0 aliphatic carbocycles. The van der Waals surface area contributed by atoms with Gasteiger partial charge in [-0.3, -0.25) is 5.43 Å². The zero-order valence-electron chi connectivity index (χ0n) is 9.27. The minimum Gasteiger partial charge on any atom is -0.478 e. The Hall–Kier alpha value is -2.55. The molecule has 0 saturated heterocycles. The number of nitrogens with zero attached hydrogens (tertiary/aromatic N) is 2. The molecule has 0 spiro atoms. The first kappa shape index (κ1) is 12.5. The Balaban J connectivity index is 2.66. The SMILES string of the molecule is CC/C(=C\C(=O)O)NNc1cc(C#N)ccn1. The average molecular weight is 232 g/mol. The number of carboxylic acid groups (broad SMARTS) is 1. The maximum Gasteiger partial charge on any atom is 0.330 e. The van der Waals surface area contributed by atoms with E-state index in [-0.39, 0.29) is 0 Å². The Morgan fingerprint density at radius 1 is 1.71 bits per heavy atom. The number of allylic oxidation sites excluding steroid dienone is 1. The van der Waals surface area contributed by atoms with Crippen molar-refractivity contribution < 1.29 is 9.90 Å². The highest BCUT2D eigenvalue weighted by Crippen LogP contribution is 2.05. The van der Waals surface area contributed by atoms with Crippen LogP contribution < -0.4 is 10.9 Å². The molecule has 0 aliphatic rings. The lowest BCUT2D eigenvalue weighted by Crippen LogP contribution is -2.22. The third kappa shape index (κ3) is 4.22. The van der Waals surface area contributed by atoms with E-state index >= 15 is 0 Å². The minimum atomic E-state index is -1.02. The molecule has 0 unspecified atom stereocenters. The number of hydrazine groups is 1. The van der Waals surface area contributed by atoms with Crippen LogP contribution in [0.4, 0.5) is 5.82 Å². The predicted octanol–water partition coefficient (Wildman–Crippen LogP) is 1.25. The summed E-state index contributed by atoms with van der Waals surface area (Å²) in [5.74, 6) is -0.566. The summed E-state index contributed by atoms with van der Waals surface area (Å²) in [6.45, 7) is 1.82. The maximum atomic E-state index is 10.5. The lowest BCUT2D eigenvalue weighted by Gasteiger charge is -2.10. The van der Waals surface area contributed by atoms with Gasteiger partial charge < -0.3 is 10.5 Å². The first-order valence-corrected chi connectivity index (χ1v) is 4.97. The van der Waals surface area contributed by atoms with Gasteiger partial charge in [-0.2, -0.15) is 5.26 Å². The normalized spacial score (nSPS) is 10.5. The van der Waals surface area contributed by atoms with Crippen LogP contribution in [0.3, 0.4) is 0 Å². The van der Waals surface area contributed by atoms with Gasteiger partial charge in [0.05, 0.1) is 11.6 Å². The lowest BCUT2D eigenvalue weighted by molar-refractivity contribution is -0.131. The molecule has 17 heavy (non-hydrogen) atoms. The molecule has 0 fully saturated rings. The Morgan fingerprint density at radius 3 is 3.06 bits per heavy atom. The summed E-state index contributed by atoms with van der Waals surface area (Å²) >= 11 is 0. The second-order valence-corrected chi connectivity index (χ2v) is 3.15. The summed E-state index contributed by atoms with van der Waals surface area (Å²) in [6.07, 6.45) is 3.10. The molecule has 0 radical (unpaired) electrons. The van der Waals surface area contributed by atoms with E-state index in [1.165, 1.54) is 6.20 Å². The first-order chi connectivity index (χ1) is 8.15.